The monoisotopic (exact) mass is 246 g/mol. The van der Waals surface area contributed by atoms with Crippen LogP contribution in [0.5, 0.6) is 0 Å². The number of fused-ring (bicyclic) bond motifs is 1. The van der Waals surface area contributed by atoms with Gasteiger partial charge in [0.25, 0.3) is 0 Å². The molecule has 18 heavy (non-hydrogen) atoms. The van der Waals surface area contributed by atoms with Crippen LogP contribution in [0.3, 0.4) is 0 Å². The zero-order chi connectivity index (χ0) is 12.4. The highest BCUT2D eigenvalue weighted by molar-refractivity contribution is 5.35. The Bertz CT molecular complexity index is 396. The molecule has 0 aromatic heterocycles. The van der Waals surface area contributed by atoms with Gasteiger partial charge in [-0.2, -0.15) is 0 Å². The van der Waals surface area contributed by atoms with Crippen LogP contribution in [-0.2, 0) is 11.2 Å². The van der Waals surface area contributed by atoms with Crippen molar-refractivity contribution in [1.82, 2.24) is 0 Å². The lowest BCUT2D eigenvalue weighted by Crippen LogP contribution is -2.23. The summed E-state index contributed by atoms with van der Waals surface area (Å²) in [6, 6.07) is 8.15. The second-order valence-electron chi connectivity index (χ2n) is 5.72. The van der Waals surface area contributed by atoms with Crippen LogP contribution in [0.4, 0.5) is 0 Å². The molecule has 2 aliphatic carbocycles. The molecule has 0 radical (unpaired) electrons. The van der Waals surface area contributed by atoms with Crippen LogP contribution in [0.1, 0.15) is 49.3 Å². The Labute approximate surface area is 109 Å². The summed E-state index contributed by atoms with van der Waals surface area (Å²) in [5.74, 6) is 0.717. The van der Waals surface area contributed by atoms with Crippen LogP contribution in [0, 0.1) is 5.92 Å². The van der Waals surface area contributed by atoms with E-state index in [1.54, 1.807) is 0 Å². The van der Waals surface area contributed by atoms with Gasteiger partial charge in [-0.3, -0.25) is 0 Å². The minimum atomic E-state index is -0.426. The minimum Gasteiger partial charge on any atom is -0.386 e. The maximum Gasteiger partial charge on any atom is 0.106 e. The molecule has 1 aromatic carbocycles. The number of ether oxygens (including phenoxy) is 1. The lowest BCUT2D eigenvalue weighted by atomic mass is 9.90. The first-order chi connectivity index (χ1) is 8.84. The standard InChI is InChI=1S/C16H22O2/c17-16-14-9-5-4-8-13(14)10-15(16)18-11-12-6-2-1-3-7-12/h4-5,8-9,12,15-17H,1-3,6-7,10-11H2. The van der Waals surface area contributed by atoms with E-state index in [0.717, 1.165) is 24.5 Å². The van der Waals surface area contributed by atoms with Gasteiger partial charge in [0.2, 0.25) is 0 Å². The second kappa shape index (κ2) is 5.41. The zero-order valence-corrected chi connectivity index (χ0v) is 10.8. The number of hydrogen-bond donors (Lipinski definition) is 1. The largest absolute Gasteiger partial charge is 0.386 e. The van der Waals surface area contributed by atoms with Crippen molar-refractivity contribution in [3.63, 3.8) is 0 Å². The SMILES string of the molecule is OC1c2ccccc2CC1OCC1CCCCC1. The third kappa shape index (κ3) is 2.45. The fourth-order valence-corrected chi connectivity index (χ4v) is 3.30. The zero-order valence-electron chi connectivity index (χ0n) is 10.8. The number of hydrogen-bond acceptors (Lipinski definition) is 2. The first-order valence-electron chi connectivity index (χ1n) is 7.22. The smallest absolute Gasteiger partial charge is 0.106 e. The molecule has 1 aromatic rings. The quantitative estimate of drug-likeness (QED) is 0.887. The molecule has 1 saturated carbocycles. The summed E-state index contributed by atoms with van der Waals surface area (Å²) in [6.45, 7) is 0.829. The van der Waals surface area contributed by atoms with Gasteiger partial charge in [-0.15, -0.1) is 0 Å². The fourth-order valence-electron chi connectivity index (χ4n) is 3.30. The molecular weight excluding hydrogens is 224 g/mol. The highest BCUT2D eigenvalue weighted by atomic mass is 16.5. The highest BCUT2D eigenvalue weighted by Gasteiger charge is 2.31. The first-order valence-corrected chi connectivity index (χ1v) is 7.22. The van der Waals surface area contributed by atoms with E-state index >= 15 is 0 Å². The molecular formula is C16H22O2. The Morgan fingerprint density at radius 1 is 1.11 bits per heavy atom. The average molecular weight is 246 g/mol. The fraction of sp³-hybridized carbons (Fsp3) is 0.625. The van der Waals surface area contributed by atoms with Crippen LogP contribution < -0.4 is 0 Å². The van der Waals surface area contributed by atoms with Gasteiger partial charge in [0.15, 0.2) is 0 Å². The summed E-state index contributed by atoms with van der Waals surface area (Å²) in [7, 11) is 0. The van der Waals surface area contributed by atoms with Crippen molar-refractivity contribution in [2.45, 2.75) is 50.7 Å². The lowest BCUT2D eigenvalue weighted by molar-refractivity contribution is -0.0445. The van der Waals surface area contributed by atoms with Crippen molar-refractivity contribution < 1.29 is 9.84 Å². The van der Waals surface area contributed by atoms with E-state index < -0.39 is 6.10 Å². The van der Waals surface area contributed by atoms with Crippen molar-refractivity contribution >= 4 is 0 Å². The Morgan fingerprint density at radius 3 is 2.67 bits per heavy atom. The molecule has 0 bridgehead atoms. The molecule has 2 atom stereocenters. The maximum absolute atomic E-state index is 10.2. The van der Waals surface area contributed by atoms with Gasteiger partial charge in [-0.1, -0.05) is 43.5 Å². The van der Waals surface area contributed by atoms with Crippen LogP contribution in [0.25, 0.3) is 0 Å². The van der Waals surface area contributed by atoms with Crippen LogP contribution in [0.15, 0.2) is 24.3 Å². The van der Waals surface area contributed by atoms with Gasteiger partial charge >= 0.3 is 0 Å². The third-order valence-electron chi connectivity index (χ3n) is 4.42. The van der Waals surface area contributed by atoms with Crippen molar-refractivity contribution in [1.29, 1.82) is 0 Å². The van der Waals surface area contributed by atoms with E-state index in [1.807, 2.05) is 18.2 Å². The highest BCUT2D eigenvalue weighted by Crippen LogP contribution is 2.34. The average Bonchev–Trinajstić information content (AvgIpc) is 2.75. The van der Waals surface area contributed by atoms with Gasteiger partial charge in [0.05, 0.1) is 6.10 Å². The predicted molar refractivity (Wildman–Crippen MR) is 71.4 cm³/mol. The molecule has 2 unspecified atom stereocenters. The minimum absolute atomic E-state index is 0.0238. The summed E-state index contributed by atoms with van der Waals surface area (Å²) < 4.78 is 5.99. The van der Waals surface area contributed by atoms with Crippen LogP contribution >= 0.6 is 0 Å². The molecule has 0 saturated heterocycles. The van der Waals surface area contributed by atoms with Crippen molar-refractivity contribution in [3.05, 3.63) is 35.4 Å². The van der Waals surface area contributed by atoms with E-state index in [4.69, 9.17) is 4.74 Å². The van der Waals surface area contributed by atoms with E-state index in [0.29, 0.717) is 0 Å². The molecule has 2 heteroatoms. The summed E-state index contributed by atoms with van der Waals surface area (Å²) in [5, 5.41) is 10.2. The normalized spacial score (nSPS) is 28.3. The van der Waals surface area contributed by atoms with Gasteiger partial charge < -0.3 is 9.84 Å². The summed E-state index contributed by atoms with van der Waals surface area (Å²) in [4.78, 5) is 0. The van der Waals surface area contributed by atoms with Gasteiger partial charge in [0.1, 0.15) is 6.10 Å². The summed E-state index contributed by atoms with van der Waals surface area (Å²) >= 11 is 0. The number of rotatable bonds is 3. The molecule has 1 fully saturated rings. The van der Waals surface area contributed by atoms with Gasteiger partial charge in [-0.05, 0) is 29.9 Å². The second-order valence-corrected chi connectivity index (χ2v) is 5.72. The maximum atomic E-state index is 10.2. The Kier molecular flexibility index (Phi) is 3.67. The molecule has 1 N–H and O–H groups in total. The van der Waals surface area contributed by atoms with Crippen molar-refractivity contribution in [3.8, 4) is 0 Å². The molecule has 0 amide bonds. The molecule has 0 spiro atoms. The van der Waals surface area contributed by atoms with Crippen LogP contribution in [0.2, 0.25) is 0 Å². The molecule has 98 valence electrons. The number of benzene rings is 1. The Balaban J connectivity index is 1.56. The first kappa shape index (κ1) is 12.2. The molecule has 3 rings (SSSR count). The molecule has 2 nitrogen and oxygen atoms in total. The lowest BCUT2D eigenvalue weighted by Gasteiger charge is -2.24. The van der Waals surface area contributed by atoms with Crippen molar-refractivity contribution in [2.75, 3.05) is 6.61 Å². The van der Waals surface area contributed by atoms with E-state index in [2.05, 4.69) is 6.07 Å². The van der Waals surface area contributed by atoms with E-state index in [9.17, 15) is 5.11 Å². The topological polar surface area (TPSA) is 29.5 Å². The van der Waals surface area contributed by atoms with E-state index in [1.165, 1.54) is 37.7 Å². The Hall–Kier alpha value is -0.860. The summed E-state index contributed by atoms with van der Waals surface area (Å²) in [6.07, 6.45) is 7.10. The third-order valence-corrected chi connectivity index (χ3v) is 4.42. The van der Waals surface area contributed by atoms with Gasteiger partial charge in [0, 0.05) is 13.0 Å². The van der Waals surface area contributed by atoms with Gasteiger partial charge in [-0.25, -0.2) is 0 Å². The van der Waals surface area contributed by atoms with Crippen molar-refractivity contribution in [2.24, 2.45) is 5.92 Å². The molecule has 2 aliphatic rings. The predicted octanol–water partition coefficient (Wildman–Crippen LogP) is 3.24. The molecule has 0 aliphatic heterocycles. The van der Waals surface area contributed by atoms with E-state index in [-0.39, 0.29) is 6.10 Å². The number of aliphatic hydroxyl groups excluding tert-OH is 1. The summed E-state index contributed by atoms with van der Waals surface area (Å²) in [5.41, 5.74) is 2.31. The van der Waals surface area contributed by atoms with Crippen LogP contribution in [-0.4, -0.2) is 17.8 Å². The Morgan fingerprint density at radius 2 is 1.89 bits per heavy atom. The number of aliphatic hydroxyl groups is 1. The molecule has 0 heterocycles.